The molecule has 0 aromatic heterocycles. The molecule has 0 saturated carbocycles. The molecule has 0 bridgehead atoms. The summed E-state index contributed by atoms with van der Waals surface area (Å²) in [5.74, 6) is 0.190. The number of nitriles is 1. The summed E-state index contributed by atoms with van der Waals surface area (Å²) >= 11 is 0. The molecule has 0 saturated heterocycles. The van der Waals surface area contributed by atoms with Crippen molar-refractivity contribution in [1.82, 2.24) is 0 Å². The lowest BCUT2D eigenvalue weighted by molar-refractivity contribution is 0.849. The second kappa shape index (κ2) is 25.9. The molecule has 0 rings (SSSR count). The Morgan fingerprint density at radius 2 is 1.11 bits per heavy atom. The van der Waals surface area contributed by atoms with Crippen LogP contribution in [0.2, 0.25) is 0 Å². The maximum atomic E-state index is 7.89. The molecule has 0 spiro atoms. The molecule has 0 heterocycles. The lowest BCUT2D eigenvalue weighted by Crippen LogP contribution is -1.72. The fourth-order valence-corrected chi connectivity index (χ4v) is 0. The molecule has 0 aromatic carbocycles. The first-order valence-corrected chi connectivity index (χ1v) is 3.67. The van der Waals surface area contributed by atoms with Crippen LogP contribution in [0, 0.1) is 17.2 Å². The highest BCUT2D eigenvalue weighted by Gasteiger charge is 1.78. The third kappa shape index (κ3) is 102. The molecular weight excluding hydrogens is 110 g/mol. The minimum absolute atomic E-state index is 0.190. The Balaban J connectivity index is -0.0000000771. The van der Waals surface area contributed by atoms with Gasteiger partial charge in [0.25, 0.3) is 0 Å². The van der Waals surface area contributed by atoms with E-state index in [-0.39, 0.29) is 5.92 Å². The molecule has 0 N–H and O–H groups in total. The van der Waals surface area contributed by atoms with E-state index in [2.05, 4.69) is 0 Å². The molecule has 0 amide bonds. The summed E-state index contributed by atoms with van der Waals surface area (Å²) in [5, 5.41) is 7.89. The van der Waals surface area contributed by atoms with Crippen LogP contribution in [-0.2, 0) is 0 Å². The van der Waals surface area contributed by atoms with Crippen molar-refractivity contribution in [2.45, 2.75) is 41.5 Å². The maximum absolute atomic E-state index is 7.89. The van der Waals surface area contributed by atoms with Crippen LogP contribution in [0.25, 0.3) is 0 Å². The van der Waals surface area contributed by atoms with Crippen molar-refractivity contribution in [1.29, 1.82) is 5.26 Å². The van der Waals surface area contributed by atoms with Crippen LogP contribution in [0.1, 0.15) is 41.5 Å². The predicted molar refractivity (Wildman–Crippen MR) is 43.1 cm³/mol. The summed E-state index contributed by atoms with van der Waals surface area (Å²) in [4.78, 5) is 0. The minimum atomic E-state index is 0.190. The van der Waals surface area contributed by atoms with Crippen molar-refractivity contribution >= 4 is 0 Å². The van der Waals surface area contributed by atoms with Gasteiger partial charge < -0.3 is 0 Å². The molecule has 0 fully saturated rings. The Kier molecular flexibility index (Phi) is 45.5. The van der Waals surface area contributed by atoms with Crippen LogP contribution in [-0.4, -0.2) is 0 Å². The molecule has 0 radical (unpaired) electrons. The van der Waals surface area contributed by atoms with E-state index in [1.54, 1.807) is 0 Å². The Hall–Kier alpha value is -0.510. The summed E-state index contributed by atoms with van der Waals surface area (Å²) < 4.78 is 0. The molecule has 0 aromatic rings. The fourth-order valence-electron chi connectivity index (χ4n) is 0. The van der Waals surface area contributed by atoms with Gasteiger partial charge in [-0.25, -0.2) is 0 Å². The van der Waals surface area contributed by atoms with Crippen LogP contribution in [0.15, 0.2) is 0 Å². The Bertz CT molecular complexity index is 50.1. The molecule has 1 heteroatoms. The van der Waals surface area contributed by atoms with Gasteiger partial charge in [-0.2, -0.15) is 5.26 Å². The SMILES string of the molecule is CC.CC.CC(C)C#N. The summed E-state index contributed by atoms with van der Waals surface area (Å²) in [6.45, 7) is 11.7. The van der Waals surface area contributed by atoms with Crippen molar-refractivity contribution < 1.29 is 0 Å². The molecule has 0 unspecified atom stereocenters. The molecule has 56 valence electrons. The molecule has 0 aliphatic heterocycles. The summed E-state index contributed by atoms with van der Waals surface area (Å²) in [5.41, 5.74) is 0. The van der Waals surface area contributed by atoms with Crippen LogP contribution in [0.3, 0.4) is 0 Å². The van der Waals surface area contributed by atoms with Gasteiger partial charge in [-0.3, -0.25) is 0 Å². The normalized spacial score (nSPS) is 5.56. The fraction of sp³-hybridized carbons (Fsp3) is 0.875. The van der Waals surface area contributed by atoms with Gasteiger partial charge in [0.2, 0.25) is 0 Å². The molecule has 0 atom stereocenters. The number of rotatable bonds is 0. The zero-order valence-electron chi connectivity index (χ0n) is 7.52. The quantitative estimate of drug-likeness (QED) is 0.492. The van der Waals surface area contributed by atoms with Crippen molar-refractivity contribution in [3.05, 3.63) is 0 Å². The largest absolute Gasteiger partial charge is 0.198 e. The Labute approximate surface area is 59.7 Å². The highest BCUT2D eigenvalue weighted by Crippen LogP contribution is 1.81. The van der Waals surface area contributed by atoms with E-state index < -0.39 is 0 Å². The summed E-state index contributed by atoms with van der Waals surface area (Å²) in [6.07, 6.45) is 0. The molecule has 9 heavy (non-hydrogen) atoms. The molecular formula is C8H19N. The van der Waals surface area contributed by atoms with E-state index in [0.29, 0.717) is 0 Å². The van der Waals surface area contributed by atoms with Gasteiger partial charge in [0.1, 0.15) is 0 Å². The van der Waals surface area contributed by atoms with E-state index >= 15 is 0 Å². The van der Waals surface area contributed by atoms with Gasteiger partial charge in [-0.1, -0.05) is 27.7 Å². The van der Waals surface area contributed by atoms with Crippen LogP contribution < -0.4 is 0 Å². The van der Waals surface area contributed by atoms with Crippen LogP contribution in [0.5, 0.6) is 0 Å². The Morgan fingerprint density at radius 1 is 1.00 bits per heavy atom. The van der Waals surface area contributed by atoms with Gasteiger partial charge in [0.05, 0.1) is 6.07 Å². The molecule has 1 nitrogen and oxygen atoms in total. The standard InChI is InChI=1S/C4H7N.2C2H6/c1-4(2)3-5;2*1-2/h4H,1-2H3;2*1-2H3. The lowest BCUT2D eigenvalue weighted by Gasteiger charge is -1.75. The van der Waals surface area contributed by atoms with Crippen molar-refractivity contribution in [2.75, 3.05) is 0 Å². The monoisotopic (exact) mass is 129 g/mol. The first-order chi connectivity index (χ1) is 4.27. The first kappa shape index (κ1) is 15.8. The third-order valence-corrected chi connectivity index (χ3v) is 0.258. The van der Waals surface area contributed by atoms with Crippen molar-refractivity contribution in [3.63, 3.8) is 0 Å². The van der Waals surface area contributed by atoms with E-state index in [1.807, 2.05) is 47.6 Å². The van der Waals surface area contributed by atoms with Crippen molar-refractivity contribution in [2.24, 2.45) is 5.92 Å². The highest BCUT2D eigenvalue weighted by molar-refractivity contribution is 4.72. The zero-order chi connectivity index (χ0) is 8.28. The zero-order valence-corrected chi connectivity index (χ0v) is 7.52. The van der Waals surface area contributed by atoms with Gasteiger partial charge in [-0.15, -0.1) is 0 Å². The van der Waals surface area contributed by atoms with E-state index in [1.165, 1.54) is 0 Å². The van der Waals surface area contributed by atoms with E-state index in [0.717, 1.165) is 0 Å². The summed E-state index contributed by atoms with van der Waals surface area (Å²) in [7, 11) is 0. The maximum Gasteiger partial charge on any atom is 0.0649 e. The Morgan fingerprint density at radius 3 is 1.11 bits per heavy atom. The van der Waals surface area contributed by atoms with Crippen LogP contribution in [0.4, 0.5) is 0 Å². The van der Waals surface area contributed by atoms with E-state index in [9.17, 15) is 0 Å². The average Bonchev–Trinajstić information content (AvgIpc) is 1.97. The number of hydrogen-bond acceptors (Lipinski definition) is 1. The topological polar surface area (TPSA) is 23.8 Å². The van der Waals surface area contributed by atoms with Gasteiger partial charge >= 0.3 is 0 Å². The predicted octanol–water partition coefficient (Wildman–Crippen LogP) is 3.22. The number of hydrogen-bond donors (Lipinski definition) is 0. The second-order valence-electron chi connectivity index (χ2n) is 1.28. The first-order valence-electron chi connectivity index (χ1n) is 3.67. The molecule has 0 aliphatic carbocycles. The third-order valence-electron chi connectivity index (χ3n) is 0.258. The highest BCUT2D eigenvalue weighted by atomic mass is 14.2. The molecule has 0 aliphatic rings. The van der Waals surface area contributed by atoms with Gasteiger partial charge in [0.15, 0.2) is 0 Å². The van der Waals surface area contributed by atoms with Crippen LogP contribution >= 0.6 is 0 Å². The number of nitrogens with zero attached hydrogens (tertiary/aromatic N) is 1. The van der Waals surface area contributed by atoms with Gasteiger partial charge in [0, 0.05) is 5.92 Å². The van der Waals surface area contributed by atoms with E-state index in [4.69, 9.17) is 5.26 Å². The smallest absolute Gasteiger partial charge is 0.0649 e. The second-order valence-corrected chi connectivity index (χ2v) is 1.28. The average molecular weight is 129 g/mol. The minimum Gasteiger partial charge on any atom is -0.198 e. The van der Waals surface area contributed by atoms with Gasteiger partial charge in [-0.05, 0) is 13.8 Å². The summed E-state index contributed by atoms with van der Waals surface area (Å²) in [6, 6.07) is 2.03. The lowest BCUT2D eigenvalue weighted by atomic mass is 10.3. The van der Waals surface area contributed by atoms with Crippen molar-refractivity contribution in [3.8, 4) is 6.07 Å².